The van der Waals surface area contributed by atoms with Crippen molar-refractivity contribution in [2.45, 2.75) is 11.8 Å². The number of carbonyl (C=O) groups excluding carboxylic acids is 1. The van der Waals surface area contributed by atoms with E-state index in [0.717, 1.165) is 15.9 Å². The van der Waals surface area contributed by atoms with Gasteiger partial charge in [0.1, 0.15) is 12.4 Å². The monoisotopic (exact) mass is 432 g/mol. The first-order chi connectivity index (χ1) is 13.8. The van der Waals surface area contributed by atoms with Crippen molar-refractivity contribution in [2.24, 2.45) is 0 Å². The van der Waals surface area contributed by atoms with Crippen LogP contribution in [0.5, 0.6) is 0 Å². The Kier molecular flexibility index (Phi) is 6.20. The molecule has 0 atom stereocenters. The van der Waals surface area contributed by atoms with Gasteiger partial charge >= 0.3 is 0 Å². The highest BCUT2D eigenvalue weighted by Crippen LogP contribution is 2.25. The second-order valence-electron chi connectivity index (χ2n) is 6.36. The standard InChI is InChI=1S/C21H18ClFN2O3S/c1-15-5-9-19(10-6-15)25(29(27,28)20-11-7-16(22)8-12-20)14-21(26)24-18-4-2-3-17(23)13-18/h2-13H,14H2,1H3,(H,24,26). The molecule has 0 fully saturated rings. The predicted molar refractivity (Wildman–Crippen MR) is 112 cm³/mol. The Labute approximate surface area is 173 Å². The van der Waals surface area contributed by atoms with Gasteiger partial charge in [0, 0.05) is 10.7 Å². The van der Waals surface area contributed by atoms with Gasteiger partial charge < -0.3 is 5.32 Å². The van der Waals surface area contributed by atoms with Gasteiger partial charge in [0.25, 0.3) is 10.0 Å². The van der Waals surface area contributed by atoms with Crippen LogP contribution in [0.25, 0.3) is 0 Å². The minimum Gasteiger partial charge on any atom is -0.324 e. The van der Waals surface area contributed by atoms with E-state index in [2.05, 4.69) is 5.32 Å². The van der Waals surface area contributed by atoms with E-state index in [4.69, 9.17) is 11.6 Å². The third-order valence-electron chi connectivity index (χ3n) is 4.12. The molecule has 5 nitrogen and oxygen atoms in total. The largest absolute Gasteiger partial charge is 0.324 e. The summed E-state index contributed by atoms with van der Waals surface area (Å²) in [5, 5.41) is 2.92. The molecular formula is C21H18ClFN2O3S. The first kappa shape index (κ1) is 20.8. The maximum absolute atomic E-state index is 13.4. The van der Waals surface area contributed by atoms with Crippen LogP contribution >= 0.6 is 11.6 Å². The number of benzene rings is 3. The number of sulfonamides is 1. The minimum absolute atomic E-state index is 0.000954. The lowest BCUT2D eigenvalue weighted by molar-refractivity contribution is -0.114. The molecule has 0 aliphatic carbocycles. The van der Waals surface area contributed by atoms with E-state index in [1.165, 1.54) is 42.5 Å². The summed E-state index contributed by atoms with van der Waals surface area (Å²) in [7, 11) is -4.04. The van der Waals surface area contributed by atoms with Crippen molar-refractivity contribution in [3.05, 3.63) is 89.2 Å². The highest BCUT2D eigenvalue weighted by atomic mass is 35.5. The fraction of sp³-hybridized carbons (Fsp3) is 0.0952. The summed E-state index contributed by atoms with van der Waals surface area (Å²) < 4.78 is 40.8. The van der Waals surface area contributed by atoms with Gasteiger partial charge in [-0.2, -0.15) is 0 Å². The summed E-state index contributed by atoms with van der Waals surface area (Å²) in [5.74, 6) is -1.11. The average molecular weight is 433 g/mol. The molecule has 1 amide bonds. The SMILES string of the molecule is Cc1ccc(N(CC(=O)Nc2cccc(F)c2)S(=O)(=O)c2ccc(Cl)cc2)cc1. The molecule has 29 heavy (non-hydrogen) atoms. The molecule has 0 heterocycles. The smallest absolute Gasteiger partial charge is 0.264 e. The van der Waals surface area contributed by atoms with Crippen molar-refractivity contribution in [1.29, 1.82) is 0 Å². The van der Waals surface area contributed by atoms with Crippen LogP contribution in [-0.4, -0.2) is 20.9 Å². The van der Waals surface area contributed by atoms with E-state index in [0.29, 0.717) is 10.7 Å². The normalized spacial score (nSPS) is 11.1. The zero-order chi connectivity index (χ0) is 21.0. The molecule has 0 aliphatic heterocycles. The molecule has 3 aromatic rings. The van der Waals surface area contributed by atoms with Gasteiger partial charge in [0.15, 0.2) is 0 Å². The number of aryl methyl sites for hydroxylation is 1. The number of nitrogens with zero attached hydrogens (tertiary/aromatic N) is 1. The van der Waals surface area contributed by atoms with Crippen molar-refractivity contribution < 1.29 is 17.6 Å². The summed E-state index contributed by atoms with van der Waals surface area (Å²) >= 11 is 5.86. The van der Waals surface area contributed by atoms with E-state index in [9.17, 15) is 17.6 Å². The van der Waals surface area contributed by atoms with E-state index >= 15 is 0 Å². The molecule has 8 heteroatoms. The summed E-state index contributed by atoms with van der Waals surface area (Å²) in [4.78, 5) is 12.5. The maximum atomic E-state index is 13.4. The molecule has 0 bridgehead atoms. The summed E-state index contributed by atoms with van der Waals surface area (Å²) in [6.45, 7) is 1.39. The molecule has 0 spiro atoms. The average Bonchev–Trinajstić information content (AvgIpc) is 2.67. The maximum Gasteiger partial charge on any atom is 0.264 e. The van der Waals surface area contributed by atoms with Gasteiger partial charge in [0.05, 0.1) is 10.6 Å². The summed E-state index contributed by atoms with van der Waals surface area (Å²) in [5.41, 5.74) is 1.52. The second-order valence-corrected chi connectivity index (χ2v) is 8.66. The molecule has 0 unspecified atom stereocenters. The number of hydrogen-bond donors (Lipinski definition) is 1. The third kappa shape index (κ3) is 5.13. The fourth-order valence-electron chi connectivity index (χ4n) is 2.66. The van der Waals surface area contributed by atoms with Crippen molar-refractivity contribution in [3.8, 4) is 0 Å². The highest BCUT2D eigenvalue weighted by Gasteiger charge is 2.27. The number of hydrogen-bond acceptors (Lipinski definition) is 3. The van der Waals surface area contributed by atoms with Gasteiger partial charge in [-0.3, -0.25) is 9.10 Å². The summed E-state index contributed by atoms with van der Waals surface area (Å²) in [6, 6.07) is 17.8. The van der Waals surface area contributed by atoms with Gasteiger partial charge in [0.2, 0.25) is 5.91 Å². The van der Waals surface area contributed by atoms with Crippen molar-refractivity contribution >= 4 is 38.9 Å². The first-order valence-electron chi connectivity index (χ1n) is 8.66. The Bertz CT molecular complexity index is 1120. The zero-order valence-corrected chi connectivity index (χ0v) is 17.0. The van der Waals surface area contributed by atoms with Crippen LogP contribution in [0.4, 0.5) is 15.8 Å². The van der Waals surface area contributed by atoms with Crippen LogP contribution in [0.1, 0.15) is 5.56 Å². The van der Waals surface area contributed by atoms with Gasteiger partial charge in [-0.25, -0.2) is 12.8 Å². The summed E-state index contributed by atoms with van der Waals surface area (Å²) in [6.07, 6.45) is 0. The van der Waals surface area contributed by atoms with Gasteiger partial charge in [-0.15, -0.1) is 0 Å². The number of rotatable bonds is 6. The van der Waals surface area contributed by atoms with Crippen LogP contribution in [-0.2, 0) is 14.8 Å². The number of nitrogens with one attached hydrogen (secondary N) is 1. The van der Waals surface area contributed by atoms with Crippen LogP contribution in [0.2, 0.25) is 5.02 Å². The predicted octanol–water partition coefficient (Wildman–Crippen LogP) is 4.62. The molecule has 0 aromatic heterocycles. The van der Waals surface area contributed by atoms with Crippen LogP contribution in [0.3, 0.4) is 0 Å². The Morgan fingerprint density at radius 2 is 1.69 bits per heavy atom. The Morgan fingerprint density at radius 3 is 2.31 bits per heavy atom. The van der Waals surface area contributed by atoms with Gasteiger partial charge in [-0.05, 0) is 61.5 Å². The second kappa shape index (κ2) is 8.63. The molecule has 0 saturated carbocycles. The van der Waals surface area contributed by atoms with Crippen LogP contribution < -0.4 is 9.62 Å². The molecule has 0 radical (unpaired) electrons. The fourth-order valence-corrected chi connectivity index (χ4v) is 4.20. The van der Waals surface area contributed by atoms with E-state index < -0.39 is 28.3 Å². The van der Waals surface area contributed by atoms with E-state index in [-0.39, 0.29) is 10.6 Å². The lowest BCUT2D eigenvalue weighted by Crippen LogP contribution is -2.38. The first-order valence-corrected chi connectivity index (χ1v) is 10.5. The molecular weight excluding hydrogens is 415 g/mol. The minimum atomic E-state index is -4.04. The van der Waals surface area contributed by atoms with Crippen LogP contribution in [0, 0.1) is 12.7 Å². The molecule has 0 aliphatic rings. The topological polar surface area (TPSA) is 66.5 Å². The highest BCUT2D eigenvalue weighted by molar-refractivity contribution is 7.92. The van der Waals surface area contributed by atoms with E-state index in [1.807, 2.05) is 6.92 Å². The molecule has 3 aromatic carbocycles. The van der Waals surface area contributed by atoms with Crippen molar-refractivity contribution in [2.75, 3.05) is 16.2 Å². The molecule has 3 rings (SSSR count). The molecule has 1 N–H and O–H groups in total. The number of halogens is 2. The lowest BCUT2D eigenvalue weighted by atomic mass is 10.2. The van der Waals surface area contributed by atoms with Crippen molar-refractivity contribution in [1.82, 2.24) is 0 Å². The third-order valence-corrected chi connectivity index (χ3v) is 6.16. The lowest BCUT2D eigenvalue weighted by Gasteiger charge is -2.24. The van der Waals surface area contributed by atoms with Gasteiger partial charge in [-0.1, -0.05) is 35.4 Å². The number of anilines is 2. The zero-order valence-electron chi connectivity index (χ0n) is 15.5. The Hall–Kier alpha value is -2.90. The van der Waals surface area contributed by atoms with Crippen LogP contribution in [0.15, 0.2) is 77.7 Å². The Balaban J connectivity index is 1.93. The van der Waals surface area contributed by atoms with Crippen molar-refractivity contribution in [3.63, 3.8) is 0 Å². The Morgan fingerprint density at radius 1 is 1.03 bits per heavy atom. The molecule has 0 saturated heterocycles. The number of amides is 1. The number of carbonyl (C=O) groups is 1. The molecule has 150 valence electrons. The van der Waals surface area contributed by atoms with E-state index in [1.54, 1.807) is 24.3 Å². The quantitative estimate of drug-likeness (QED) is 0.618.